The van der Waals surface area contributed by atoms with Gasteiger partial charge in [0.2, 0.25) is 0 Å². The molecule has 1 unspecified atom stereocenters. The number of fused-ring (bicyclic) bond motifs is 2. The van der Waals surface area contributed by atoms with Crippen LogP contribution in [0.1, 0.15) is 64.5 Å². The minimum absolute atomic E-state index is 0.00709. The average molecular weight is 607 g/mol. The Morgan fingerprint density at radius 3 is 2.40 bits per heavy atom. The number of piperidine rings is 1. The van der Waals surface area contributed by atoms with Crippen LogP contribution in [0.4, 0.5) is 0 Å². The summed E-state index contributed by atoms with van der Waals surface area (Å²) in [5, 5.41) is 10.7. The second kappa shape index (κ2) is 17.6. The van der Waals surface area contributed by atoms with Crippen molar-refractivity contribution in [2.24, 2.45) is 5.18 Å². The van der Waals surface area contributed by atoms with Crippen molar-refractivity contribution < 1.29 is 0 Å². The van der Waals surface area contributed by atoms with Gasteiger partial charge < -0.3 is 5.32 Å². The van der Waals surface area contributed by atoms with Gasteiger partial charge in [-0.1, -0.05) is 86.4 Å². The average Bonchev–Trinajstić information content (AvgIpc) is 3.03. The topological polar surface area (TPSA) is 57.6 Å². The van der Waals surface area contributed by atoms with Gasteiger partial charge in [-0.2, -0.15) is 4.91 Å². The maximum absolute atomic E-state index is 10.2. The number of likely N-dealkylation sites (tertiary alicyclic amines) is 1. The summed E-state index contributed by atoms with van der Waals surface area (Å²) in [5.74, 6) is 0. The third-order valence-electron chi connectivity index (χ3n) is 7.83. The Morgan fingerprint density at radius 2 is 1.71 bits per heavy atom. The van der Waals surface area contributed by atoms with Crippen molar-refractivity contribution in [3.63, 3.8) is 0 Å². The Balaban J connectivity index is 0.000000218. The van der Waals surface area contributed by atoms with Crippen LogP contribution in [0.15, 0.2) is 76.8 Å². The van der Waals surface area contributed by atoms with Gasteiger partial charge in [0.15, 0.2) is 0 Å². The highest BCUT2D eigenvalue weighted by molar-refractivity contribution is 7.98. The van der Waals surface area contributed by atoms with Gasteiger partial charge in [-0.15, -0.1) is 11.8 Å². The number of nitrogens with zero attached hydrogens (tertiary/aromatic N) is 3. The molecule has 0 amide bonds. The summed E-state index contributed by atoms with van der Waals surface area (Å²) in [4.78, 5) is 18.5. The highest BCUT2D eigenvalue weighted by atomic mass is 35.5. The molecule has 1 aliphatic rings. The molecule has 1 N–H and O–H groups in total. The number of benzene rings is 3. The van der Waals surface area contributed by atoms with Crippen LogP contribution in [0.5, 0.6) is 0 Å². The van der Waals surface area contributed by atoms with Crippen molar-refractivity contribution >= 4 is 45.0 Å². The number of halogens is 1. The van der Waals surface area contributed by atoms with E-state index in [-0.39, 0.29) is 5.54 Å². The standard InChI is InChI=1S/C17H22N2O.C16H19ClN2S.C2H6/c1-3-17(2,18-10-11-19-20)13-14-8-9-15-6-4-5-7-16(15)12-14;1-20-14-5-6-15-12(10-14)9-13(16(17)18-15)11-19-7-3-2-4-8-19;1-2/h4-9,12,18H,3,10-11,13H2,1-2H3;5-6,9-10H,2-4,7-8,11H2,1H3;1-2H3. The van der Waals surface area contributed by atoms with Crippen molar-refractivity contribution in [3.05, 3.63) is 87.9 Å². The van der Waals surface area contributed by atoms with Gasteiger partial charge in [-0.3, -0.25) is 4.90 Å². The summed E-state index contributed by atoms with van der Waals surface area (Å²) in [6, 6.07) is 23.6. The number of nitroso groups, excluding NO2 is 1. The summed E-state index contributed by atoms with van der Waals surface area (Å²) >= 11 is 8.11. The molecule has 1 saturated heterocycles. The Morgan fingerprint density at radius 1 is 0.976 bits per heavy atom. The Labute approximate surface area is 261 Å². The van der Waals surface area contributed by atoms with Crippen molar-refractivity contribution in [2.75, 3.05) is 32.4 Å². The predicted octanol–water partition coefficient (Wildman–Crippen LogP) is 9.53. The van der Waals surface area contributed by atoms with Gasteiger partial charge in [0.25, 0.3) is 0 Å². The fraction of sp³-hybridized carbons (Fsp3) is 0.457. The Kier molecular flexibility index (Phi) is 14.2. The van der Waals surface area contributed by atoms with Gasteiger partial charge >= 0.3 is 0 Å². The van der Waals surface area contributed by atoms with Crippen LogP contribution in [0.3, 0.4) is 0 Å². The van der Waals surface area contributed by atoms with E-state index in [2.05, 4.69) is 107 Å². The lowest BCUT2D eigenvalue weighted by Gasteiger charge is -2.30. The van der Waals surface area contributed by atoms with E-state index >= 15 is 0 Å². The largest absolute Gasteiger partial charge is 0.309 e. The number of thioether (sulfide) groups is 1. The first kappa shape index (κ1) is 34.0. The molecule has 5 nitrogen and oxygen atoms in total. The van der Waals surface area contributed by atoms with E-state index in [1.165, 1.54) is 59.0 Å². The molecular weight excluding hydrogens is 560 g/mol. The fourth-order valence-electron chi connectivity index (χ4n) is 5.29. The molecule has 3 aromatic carbocycles. The summed E-state index contributed by atoms with van der Waals surface area (Å²) in [5.41, 5.74) is 3.46. The molecule has 0 bridgehead atoms. The molecule has 0 saturated carbocycles. The van der Waals surface area contributed by atoms with Crippen LogP contribution in [0.2, 0.25) is 5.15 Å². The Bertz CT molecular complexity index is 1410. The third-order valence-corrected chi connectivity index (χ3v) is 8.89. The fourth-order valence-corrected chi connectivity index (χ4v) is 5.94. The van der Waals surface area contributed by atoms with E-state index in [0.29, 0.717) is 18.2 Å². The molecule has 42 heavy (non-hydrogen) atoms. The molecule has 7 heteroatoms. The number of pyridine rings is 1. The molecule has 1 aliphatic heterocycles. The zero-order chi connectivity index (χ0) is 30.4. The molecule has 1 atom stereocenters. The molecule has 226 valence electrons. The minimum atomic E-state index is 0.00709. The summed E-state index contributed by atoms with van der Waals surface area (Å²) in [6.07, 6.45) is 8.02. The molecule has 4 aromatic rings. The number of hydrogen-bond acceptors (Lipinski definition) is 6. The van der Waals surface area contributed by atoms with E-state index in [0.717, 1.165) is 30.5 Å². The molecular formula is C35H47ClN4OS. The van der Waals surface area contributed by atoms with Gasteiger partial charge in [0.05, 0.1) is 12.1 Å². The third kappa shape index (κ3) is 10.0. The summed E-state index contributed by atoms with van der Waals surface area (Å²) < 4.78 is 0. The Hall–Kier alpha value is -2.51. The van der Waals surface area contributed by atoms with Crippen molar-refractivity contribution in [1.29, 1.82) is 0 Å². The lowest BCUT2D eigenvalue weighted by molar-refractivity contribution is 0.221. The number of aromatic nitrogens is 1. The predicted molar refractivity (Wildman–Crippen MR) is 184 cm³/mol. The number of hydrogen-bond donors (Lipinski definition) is 1. The molecule has 2 heterocycles. The normalized spacial score (nSPS) is 14.8. The smallest absolute Gasteiger partial charge is 0.134 e. The van der Waals surface area contributed by atoms with Crippen LogP contribution >= 0.6 is 23.4 Å². The first-order valence-electron chi connectivity index (χ1n) is 15.3. The van der Waals surface area contributed by atoms with Crippen molar-refractivity contribution in [3.8, 4) is 0 Å². The molecule has 0 spiro atoms. The van der Waals surface area contributed by atoms with E-state index < -0.39 is 0 Å². The highest BCUT2D eigenvalue weighted by Gasteiger charge is 2.21. The van der Waals surface area contributed by atoms with Gasteiger partial charge in [0.1, 0.15) is 5.15 Å². The first-order chi connectivity index (χ1) is 20.4. The van der Waals surface area contributed by atoms with Crippen LogP contribution < -0.4 is 5.32 Å². The SMILES string of the molecule is CC.CCC(C)(Cc1ccc2ccccc2c1)NCCN=O.CSc1ccc2nc(Cl)c(CN3CCCCC3)cc2c1. The molecule has 1 fully saturated rings. The molecule has 5 rings (SSSR count). The van der Waals surface area contributed by atoms with Gasteiger partial charge in [-0.25, -0.2) is 4.98 Å². The van der Waals surface area contributed by atoms with Crippen LogP contribution in [0.25, 0.3) is 21.7 Å². The number of rotatable bonds is 10. The van der Waals surface area contributed by atoms with E-state index in [4.69, 9.17) is 11.6 Å². The second-order valence-electron chi connectivity index (χ2n) is 10.9. The van der Waals surface area contributed by atoms with E-state index in [1.807, 2.05) is 13.8 Å². The monoisotopic (exact) mass is 606 g/mol. The zero-order valence-electron chi connectivity index (χ0n) is 26.0. The maximum atomic E-state index is 10.2. The van der Waals surface area contributed by atoms with E-state index in [1.54, 1.807) is 11.8 Å². The minimum Gasteiger partial charge on any atom is -0.309 e. The summed E-state index contributed by atoms with van der Waals surface area (Å²) in [7, 11) is 0. The first-order valence-corrected chi connectivity index (χ1v) is 16.9. The summed E-state index contributed by atoms with van der Waals surface area (Å²) in [6.45, 7) is 12.6. The molecule has 0 aliphatic carbocycles. The van der Waals surface area contributed by atoms with Crippen molar-refractivity contribution in [2.45, 2.75) is 76.8 Å². The maximum Gasteiger partial charge on any atom is 0.134 e. The van der Waals surface area contributed by atoms with Crippen LogP contribution in [0, 0.1) is 4.91 Å². The lowest BCUT2D eigenvalue weighted by atomic mass is 9.89. The number of nitrogens with one attached hydrogen (secondary N) is 1. The van der Waals surface area contributed by atoms with Gasteiger partial charge in [0, 0.05) is 34.5 Å². The van der Waals surface area contributed by atoms with Crippen molar-refractivity contribution in [1.82, 2.24) is 15.2 Å². The van der Waals surface area contributed by atoms with E-state index in [9.17, 15) is 4.91 Å². The van der Waals surface area contributed by atoms with Crippen LogP contribution in [-0.4, -0.2) is 47.9 Å². The highest BCUT2D eigenvalue weighted by Crippen LogP contribution is 2.26. The zero-order valence-corrected chi connectivity index (χ0v) is 27.5. The second-order valence-corrected chi connectivity index (χ2v) is 12.1. The van der Waals surface area contributed by atoms with Crippen LogP contribution in [-0.2, 0) is 13.0 Å². The quantitative estimate of drug-likeness (QED) is 0.0843. The molecule has 1 aromatic heterocycles. The molecule has 0 radical (unpaired) electrons. The van der Waals surface area contributed by atoms with Gasteiger partial charge in [-0.05, 0) is 92.6 Å². The lowest BCUT2D eigenvalue weighted by Crippen LogP contribution is -2.44.